The molecule has 0 saturated carbocycles. The van der Waals surface area contributed by atoms with E-state index in [4.69, 9.17) is 17.3 Å². The third-order valence-corrected chi connectivity index (χ3v) is 3.64. The van der Waals surface area contributed by atoms with Crippen LogP contribution in [0.15, 0.2) is 29.2 Å². The lowest BCUT2D eigenvalue weighted by Gasteiger charge is -2.07. The van der Waals surface area contributed by atoms with Gasteiger partial charge in [-0.3, -0.25) is 4.79 Å². The van der Waals surface area contributed by atoms with Crippen LogP contribution in [0.1, 0.15) is 11.1 Å². The van der Waals surface area contributed by atoms with Gasteiger partial charge >= 0.3 is 0 Å². The molecule has 0 radical (unpaired) electrons. The molecule has 7 nitrogen and oxygen atoms in total. The van der Waals surface area contributed by atoms with E-state index in [0.717, 1.165) is 11.1 Å². The van der Waals surface area contributed by atoms with Gasteiger partial charge in [0.05, 0.1) is 12.7 Å². The molecule has 0 atom stereocenters. The molecule has 0 saturated heterocycles. The maximum Gasteiger partial charge on any atom is 0.281 e. The summed E-state index contributed by atoms with van der Waals surface area (Å²) in [5, 5.41) is 12.9. The van der Waals surface area contributed by atoms with Gasteiger partial charge in [-0.2, -0.15) is 5.10 Å². The maximum absolute atomic E-state index is 12.3. The van der Waals surface area contributed by atoms with E-state index in [-0.39, 0.29) is 12.1 Å². The molecule has 3 rings (SSSR count). The fourth-order valence-corrected chi connectivity index (χ4v) is 2.35. The Balaban J connectivity index is 2.02. The topological polar surface area (TPSA) is 91.6 Å². The molecule has 2 aromatic heterocycles. The van der Waals surface area contributed by atoms with Crippen molar-refractivity contribution in [3.05, 3.63) is 50.9 Å². The zero-order valence-corrected chi connectivity index (χ0v) is 12.1. The molecule has 2 N–H and O–H groups in total. The number of hydrogen-bond donors (Lipinski definition) is 1. The van der Waals surface area contributed by atoms with Crippen molar-refractivity contribution in [1.29, 1.82) is 0 Å². The number of nitrogens with zero attached hydrogens (tertiary/aromatic N) is 5. The van der Waals surface area contributed by atoms with Crippen molar-refractivity contribution >= 4 is 22.6 Å². The highest BCUT2D eigenvalue weighted by atomic mass is 35.5. The average Bonchev–Trinajstić information content (AvgIpc) is 2.86. The molecule has 2 heterocycles. The number of aryl methyl sites for hydroxylation is 1. The summed E-state index contributed by atoms with van der Waals surface area (Å²) in [6, 6.07) is 5.51. The molecular formula is C13H13ClN6O. The molecule has 8 heteroatoms. The second-order valence-electron chi connectivity index (χ2n) is 4.69. The Kier molecular flexibility index (Phi) is 3.44. The lowest BCUT2D eigenvalue weighted by molar-refractivity contribution is 0.595. The van der Waals surface area contributed by atoms with Crippen LogP contribution in [0.2, 0.25) is 5.02 Å². The molecular weight excluding hydrogens is 292 g/mol. The molecule has 0 fully saturated rings. The fourth-order valence-electron chi connectivity index (χ4n) is 2.09. The van der Waals surface area contributed by atoms with Gasteiger partial charge in [-0.05, 0) is 17.2 Å². The van der Waals surface area contributed by atoms with Crippen molar-refractivity contribution in [2.24, 2.45) is 12.8 Å². The Morgan fingerprint density at radius 1 is 1.38 bits per heavy atom. The van der Waals surface area contributed by atoms with Gasteiger partial charge in [0, 0.05) is 18.6 Å². The van der Waals surface area contributed by atoms with Crippen molar-refractivity contribution in [2.75, 3.05) is 0 Å². The molecule has 3 aromatic rings. The molecule has 0 amide bonds. The lowest BCUT2D eigenvalue weighted by atomic mass is 10.1. The van der Waals surface area contributed by atoms with Gasteiger partial charge in [0.25, 0.3) is 5.56 Å². The molecule has 0 aliphatic rings. The largest absolute Gasteiger partial charge is 0.326 e. The summed E-state index contributed by atoms with van der Waals surface area (Å²) in [6.45, 7) is 0.668. The Morgan fingerprint density at radius 3 is 2.90 bits per heavy atom. The van der Waals surface area contributed by atoms with Gasteiger partial charge in [-0.25, -0.2) is 9.36 Å². The number of halogens is 1. The van der Waals surface area contributed by atoms with E-state index in [2.05, 4.69) is 15.4 Å². The summed E-state index contributed by atoms with van der Waals surface area (Å²) in [7, 11) is 1.71. The van der Waals surface area contributed by atoms with Gasteiger partial charge in [-0.15, -0.1) is 5.10 Å². The zero-order valence-electron chi connectivity index (χ0n) is 11.3. The molecule has 108 valence electrons. The monoisotopic (exact) mass is 304 g/mol. The summed E-state index contributed by atoms with van der Waals surface area (Å²) < 4.78 is 2.78. The van der Waals surface area contributed by atoms with Gasteiger partial charge in [0.2, 0.25) is 0 Å². The van der Waals surface area contributed by atoms with E-state index in [9.17, 15) is 4.79 Å². The first-order valence-corrected chi connectivity index (χ1v) is 6.71. The summed E-state index contributed by atoms with van der Waals surface area (Å²) in [5.74, 6) is 0. The lowest BCUT2D eigenvalue weighted by Crippen LogP contribution is -2.24. The maximum atomic E-state index is 12.3. The zero-order chi connectivity index (χ0) is 15.0. The molecule has 21 heavy (non-hydrogen) atoms. The standard InChI is InChI=1S/C13H13ClN6O/c1-19-12-10(6-16-19)13(21)20(18-17-12)7-9-3-2-8(5-15)4-11(9)14/h2-4,6H,5,7,15H2,1H3. The van der Waals surface area contributed by atoms with E-state index in [1.807, 2.05) is 12.1 Å². The first kappa shape index (κ1) is 13.7. The molecule has 0 bridgehead atoms. The molecule has 0 aliphatic heterocycles. The number of fused-ring (bicyclic) bond motifs is 1. The normalized spacial score (nSPS) is 11.2. The Bertz CT molecular complexity index is 869. The van der Waals surface area contributed by atoms with Gasteiger partial charge in [0.1, 0.15) is 5.39 Å². The van der Waals surface area contributed by atoms with Crippen LogP contribution in [0.3, 0.4) is 0 Å². The van der Waals surface area contributed by atoms with Gasteiger partial charge in [0.15, 0.2) is 5.65 Å². The summed E-state index contributed by atoms with van der Waals surface area (Å²) in [6.07, 6.45) is 1.49. The summed E-state index contributed by atoms with van der Waals surface area (Å²) in [5.41, 5.74) is 7.50. The van der Waals surface area contributed by atoms with E-state index >= 15 is 0 Å². The number of nitrogens with two attached hydrogens (primary N) is 1. The minimum absolute atomic E-state index is 0.243. The number of aromatic nitrogens is 5. The number of hydrogen-bond acceptors (Lipinski definition) is 5. The predicted molar refractivity (Wildman–Crippen MR) is 79.0 cm³/mol. The summed E-state index contributed by atoms with van der Waals surface area (Å²) in [4.78, 5) is 12.3. The minimum Gasteiger partial charge on any atom is -0.326 e. The van der Waals surface area contributed by atoms with Crippen LogP contribution in [0, 0.1) is 0 Å². The smallest absolute Gasteiger partial charge is 0.281 e. The molecule has 0 unspecified atom stereocenters. The van der Waals surface area contributed by atoms with Crippen LogP contribution in [-0.4, -0.2) is 24.8 Å². The predicted octanol–water partition coefficient (Wildman–Crippen LogP) is 0.685. The number of benzene rings is 1. The molecule has 0 spiro atoms. The highest BCUT2D eigenvalue weighted by Crippen LogP contribution is 2.18. The van der Waals surface area contributed by atoms with Crippen molar-refractivity contribution in [3.8, 4) is 0 Å². The quantitative estimate of drug-likeness (QED) is 0.768. The van der Waals surface area contributed by atoms with E-state index in [1.54, 1.807) is 13.1 Å². The van der Waals surface area contributed by atoms with E-state index in [1.165, 1.54) is 15.6 Å². The van der Waals surface area contributed by atoms with Gasteiger partial charge < -0.3 is 5.73 Å². The SMILES string of the molecule is Cn1ncc2c(=O)n(Cc3ccc(CN)cc3Cl)nnc21. The third kappa shape index (κ3) is 2.41. The molecule has 0 aliphatic carbocycles. The van der Waals surface area contributed by atoms with Crippen LogP contribution in [0.25, 0.3) is 11.0 Å². The van der Waals surface area contributed by atoms with E-state index in [0.29, 0.717) is 22.6 Å². The van der Waals surface area contributed by atoms with Crippen molar-refractivity contribution in [2.45, 2.75) is 13.1 Å². The Morgan fingerprint density at radius 2 is 2.19 bits per heavy atom. The van der Waals surface area contributed by atoms with Crippen molar-refractivity contribution < 1.29 is 0 Å². The molecule has 1 aromatic carbocycles. The van der Waals surface area contributed by atoms with Crippen LogP contribution >= 0.6 is 11.6 Å². The summed E-state index contributed by atoms with van der Waals surface area (Å²) >= 11 is 6.20. The number of rotatable bonds is 3. The van der Waals surface area contributed by atoms with Crippen LogP contribution < -0.4 is 11.3 Å². The highest BCUT2D eigenvalue weighted by molar-refractivity contribution is 6.31. The second kappa shape index (κ2) is 5.27. The average molecular weight is 305 g/mol. The van der Waals surface area contributed by atoms with Crippen LogP contribution in [0.5, 0.6) is 0 Å². The minimum atomic E-state index is -0.243. The highest BCUT2D eigenvalue weighted by Gasteiger charge is 2.11. The Hall–Kier alpha value is -2.25. The Labute approximate surface area is 124 Å². The van der Waals surface area contributed by atoms with Crippen LogP contribution in [0.4, 0.5) is 0 Å². The third-order valence-electron chi connectivity index (χ3n) is 3.29. The van der Waals surface area contributed by atoms with Gasteiger partial charge in [-0.1, -0.05) is 28.9 Å². The van der Waals surface area contributed by atoms with Crippen molar-refractivity contribution in [1.82, 2.24) is 24.8 Å². The first-order chi connectivity index (χ1) is 10.1. The van der Waals surface area contributed by atoms with E-state index < -0.39 is 0 Å². The van der Waals surface area contributed by atoms with Crippen molar-refractivity contribution in [3.63, 3.8) is 0 Å². The fraction of sp³-hybridized carbons (Fsp3) is 0.231. The van der Waals surface area contributed by atoms with Crippen LogP contribution in [-0.2, 0) is 20.1 Å². The second-order valence-corrected chi connectivity index (χ2v) is 5.09. The first-order valence-electron chi connectivity index (χ1n) is 6.33.